The SMILES string of the molecule is CC(NC(=O)C1CC(c2ccc(F)cc2)=NO1)C(=O)NC1CC1. The van der Waals surface area contributed by atoms with Gasteiger partial charge in [0.1, 0.15) is 11.9 Å². The van der Waals surface area contributed by atoms with Crippen molar-refractivity contribution in [3.05, 3.63) is 35.6 Å². The van der Waals surface area contributed by atoms with Crippen molar-refractivity contribution >= 4 is 17.5 Å². The number of rotatable bonds is 5. The number of carbonyl (C=O) groups is 2. The highest BCUT2D eigenvalue weighted by molar-refractivity contribution is 6.04. The number of nitrogens with one attached hydrogen (secondary N) is 2. The molecule has 2 unspecified atom stereocenters. The largest absolute Gasteiger partial charge is 0.382 e. The van der Waals surface area contributed by atoms with E-state index in [9.17, 15) is 14.0 Å². The lowest BCUT2D eigenvalue weighted by atomic mass is 10.0. The molecule has 2 amide bonds. The summed E-state index contributed by atoms with van der Waals surface area (Å²) >= 11 is 0. The molecule has 122 valence electrons. The number of carbonyl (C=O) groups excluding carboxylic acids is 2. The summed E-state index contributed by atoms with van der Waals surface area (Å²) in [6, 6.07) is 5.46. The number of halogens is 1. The van der Waals surface area contributed by atoms with Crippen LogP contribution in [0.5, 0.6) is 0 Å². The van der Waals surface area contributed by atoms with Crippen LogP contribution in [0.2, 0.25) is 0 Å². The second-order valence-corrected chi connectivity index (χ2v) is 5.86. The van der Waals surface area contributed by atoms with Crippen LogP contribution in [0, 0.1) is 5.82 Å². The van der Waals surface area contributed by atoms with Gasteiger partial charge >= 0.3 is 0 Å². The molecule has 2 aliphatic rings. The summed E-state index contributed by atoms with van der Waals surface area (Å²) in [5.41, 5.74) is 1.29. The fourth-order valence-corrected chi connectivity index (χ4v) is 2.26. The van der Waals surface area contributed by atoms with Crippen molar-refractivity contribution < 1.29 is 18.8 Å². The third-order valence-electron chi connectivity index (χ3n) is 3.81. The molecule has 23 heavy (non-hydrogen) atoms. The third-order valence-corrected chi connectivity index (χ3v) is 3.81. The Morgan fingerprint density at radius 1 is 1.30 bits per heavy atom. The van der Waals surface area contributed by atoms with E-state index in [1.165, 1.54) is 12.1 Å². The van der Waals surface area contributed by atoms with E-state index in [1.807, 2.05) is 0 Å². The standard InChI is InChI=1S/C16H18FN3O3/c1-9(15(21)19-12-6-7-12)18-16(22)14-8-13(20-23-14)10-2-4-11(17)5-3-10/h2-5,9,12,14H,6-8H2,1H3,(H,18,22)(H,19,21). The van der Waals surface area contributed by atoms with E-state index in [-0.39, 0.29) is 30.1 Å². The van der Waals surface area contributed by atoms with Crippen LogP contribution in [-0.2, 0) is 14.4 Å². The molecule has 1 aliphatic heterocycles. The van der Waals surface area contributed by atoms with Gasteiger partial charge < -0.3 is 15.5 Å². The molecular weight excluding hydrogens is 301 g/mol. The zero-order valence-electron chi connectivity index (χ0n) is 12.7. The van der Waals surface area contributed by atoms with Gasteiger partial charge in [-0.15, -0.1) is 0 Å². The van der Waals surface area contributed by atoms with Gasteiger partial charge in [-0.1, -0.05) is 17.3 Å². The zero-order valence-corrected chi connectivity index (χ0v) is 12.7. The van der Waals surface area contributed by atoms with E-state index >= 15 is 0 Å². The maximum absolute atomic E-state index is 12.9. The number of amides is 2. The van der Waals surface area contributed by atoms with E-state index in [4.69, 9.17) is 4.84 Å². The lowest BCUT2D eigenvalue weighted by Gasteiger charge is -2.15. The monoisotopic (exact) mass is 319 g/mol. The Morgan fingerprint density at radius 3 is 2.65 bits per heavy atom. The van der Waals surface area contributed by atoms with Crippen molar-refractivity contribution in [2.45, 2.75) is 44.4 Å². The van der Waals surface area contributed by atoms with Crippen molar-refractivity contribution in [3.63, 3.8) is 0 Å². The quantitative estimate of drug-likeness (QED) is 0.853. The van der Waals surface area contributed by atoms with Crippen LogP contribution < -0.4 is 10.6 Å². The second-order valence-electron chi connectivity index (χ2n) is 5.86. The summed E-state index contributed by atoms with van der Waals surface area (Å²) in [6.07, 6.45) is 1.50. The first-order valence-electron chi connectivity index (χ1n) is 7.62. The van der Waals surface area contributed by atoms with Crippen molar-refractivity contribution in [1.82, 2.24) is 10.6 Å². The van der Waals surface area contributed by atoms with Gasteiger partial charge in [-0.05, 0) is 37.5 Å². The first-order chi connectivity index (χ1) is 11.0. The van der Waals surface area contributed by atoms with Gasteiger partial charge in [0.05, 0.1) is 5.71 Å². The highest BCUT2D eigenvalue weighted by atomic mass is 19.1. The topological polar surface area (TPSA) is 79.8 Å². The Morgan fingerprint density at radius 2 is 2.00 bits per heavy atom. The predicted molar refractivity (Wildman–Crippen MR) is 81.2 cm³/mol. The van der Waals surface area contributed by atoms with E-state index < -0.39 is 12.1 Å². The molecule has 1 aromatic rings. The Balaban J connectivity index is 1.51. The predicted octanol–water partition coefficient (Wildman–Crippen LogP) is 1.10. The van der Waals surface area contributed by atoms with Crippen LogP contribution in [0.25, 0.3) is 0 Å². The molecule has 0 radical (unpaired) electrons. The van der Waals surface area contributed by atoms with E-state index in [0.29, 0.717) is 11.3 Å². The van der Waals surface area contributed by atoms with Gasteiger partial charge in [0.2, 0.25) is 12.0 Å². The van der Waals surface area contributed by atoms with Crippen molar-refractivity contribution in [1.29, 1.82) is 0 Å². The Labute approximate surface area is 133 Å². The van der Waals surface area contributed by atoms with E-state index in [2.05, 4.69) is 15.8 Å². The Hall–Kier alpha value is -2.44. The minimum atomic E-state index is -0.772. The van der Waals surface area contributed by atoms with Gasteiger partial charge in [-0.25, -0.2) is 4.39 Å². The first kappa shape index (κ1) is 15.5. The molecule has 0 spiro atoms. The lowest BCUT2D eigenvalue weighted by Crippen LogP contribution is -2.48. The van der Waals surface area contributed by atoms with E-state index in [0.717, 1.165) is 12.8 Å². The van der Waals surface area contributed by atoms with Crippen molar-refractivity contribution in [2.75, 3.05) is 0 Å². The van der Waals surface area contributed by atoms with Crippen LogP contribution in [0.3, 0.4) is 0 Å². The molecule has 2 N–H and O–H groups in total. The molecule has 1 heterocycles. The molecular formula is C16H18FN3O3. The summed E-state index contributed by atoms with van der Waals surface area (Å²) in [6.45, 7) is 1.63. The fourth-order valence-electron chi connectivity index (χ4n) is 2.26. The zero-order chi connectivity index (χ0) is 16.4. The van der Waals surface area contributed by atoms with Crippen LogP contribution >= 0.6 is 0 Å². The molecule has 3 rings (SSSR count). The van der Waals surface area contributed by atoms with Gasteiger partial charge in [0.25, 0.3) is 5.91 Å². The molecule has 1 aliphatic carbocycles. The average Bonchev–Trinajstić information content (AvgIpc) is 3.20. The van der Waals surface area contributed by atoms with Gasteiger partial charge in [0.15, 0.2) is 0 Å². The number of benzene rings is 1. The number of nitrogens with zero attached hydrogens (tertiary/aromatic N) is 1. The summed E-state index contributed by atoms with van der Waals surface area (Å²) in [5.74, 6) is -0.916. The second kappa shape index (κ2) is 6.36. The molecule has 1 saturated carbocycles. The maximum Gasteiger partial charge on any atom is 0.264 e. The molecule has 0 bridgehead atoms. The Kier molecular flexibility index (Phi) is 4.27. The minimum absolute atomic E-state index is 0.196. The summed E-state index contributed by atoms with van der Waals surface area (Å²) < 4.78 is 12.9. The van der Waals surface area contributed by atoms with E-state index in [1.54, 1.807) is 19.1 Å². The highest BCUT2D eigenvalue weighted by Crippen LogP contribution is 2.19. The third kappa shape index (κ3) is 3.85. The van der Waals surface area contributed by atoms with Crippen LogP contribution in [-0.4, -0.2) is 35.7 Å². The highest BCUT2D eigenvalue weighted by Gasteiger charge is 2.32. The molecule has 0 saturated heterocycles. The first-order valence-corrected chi connectivity index (χ1v) is 7.62. The summed E-state index contributed by atoms with van der Waals surface area (Å²) in [7, 11) is 0. The van der Waals surface area contributed by atoms with Crippen LogP contribution in [0.4, 0.5) is 4.39 Å². The smallest absolute Gasteiger partial charge is 0.264 e. The minimum Gasteiger partial charge on any atom is -0.382 e. The van der Waals surface area contributed by atoms with Gasteiger partial charge in [0, 0.05) is 12.5 Å². The molecule has 1 aromatic carbocycles. The lowest BCUT2D eigenvalue weighted by molar-refractivity contribution is -0.135. The van der Waals surface area contributed by atoms with Crippen LogP contribution in [0.15, 0.2) is 29.4 Å². The molecule has 6 nitrogen and oxygen atoms in total. The maximum atomic E-state index is 12.9. The number of hydrogen-bond donors (Lipinski definition) is 2. The van der Waals surface area contributed by atoms with Gasteiger partial charge in [-0.3, -0.25) is 9.59 Å². The number of oxime groups is 1. The molecule has 2 atom stereocenters. The fraction of sp³-hybridized carbons (Fsp3) is 0.438. The molecule has 1 fully saturated rings. The Bertz CT molecular complexity index is 640. The molecule has 7 heteroatoms. The summed E-state index contributed by atoms with van der Waals surface area (Å²) in [4.78, 5) is 29.1. The van der Waals surface area contributed by atoms with Gasteiger partial charge in [-0.2, -0.15) is 0 Å². The normalized spacial score (nSPS) is 21.1. The van der Waals surface area contributed by atoms with Crippen molar-refractivity contribution in [3.8, 4) is 0 Å². The summed E-state index contributed by atoms with van der Waals surface area (Å²) in [5, 5.41) is 9.34. The number of hydrogen-bond acceptors (Lipinski definition) is 4. The van der Waals surface area contributed by atoms with Crippen molar-refractivity contribution in [2.24, 2.45) is 5.16 Å². The van der Waals surface area contributed by atoms with Crippen LogP contribution in [0.1, 0.15) is 31.7 Å². The molecule has 0 aromatic heterocycles. The average molecular weight is 319 g/mol.